The molecule has 0 atom stereocenters. The number of nitrogen functional groups attached to an aromatic ring is 1. The van der Waals surface area contributed by atoms with E-state index >= 15 is 0 Å². The molecule has 1 amide bonds. The summed E-state index contributed by atoms with van der Waals surface area (Å²) in [5.74, 6) is 0.0788. The summed E-state index contributed by atoms with van der Waals surface area (Å²) in [5, 5.41) is 5.13. The van der Waals surface area contributed by atoms with E-state index in [9.17, 15) is 4.79 Å². The summed E-state index contributed by atoms with van der Waals surface area (Å²) < 4.78 is 0. The Labute approximate surface area is 209 Å². The van der Waals surface area contributed by atoms with Crippen molar-refractivity contribution in [3.05, 3.63) is 87.4 Å². The van der Waals surface area contributed by atoms with Crippen molar-refractivity contribution in [3.8, 4) is 0 Å². The van der Waals surface area contributed by atoms with Crippen molar-refractivity contribution in [2.45, 2.75) is 45.7 Å². The molecular formula is C30H35N3OSi. The first-order valence-electron chi connectivity index (χ1n) is 12.8. The lowest BCUT2D eigenvalue weighted by Gasteiger charge is -2.34. The van der Waals surface area contributed by atoms with Crippen molar-refractivity contribution >= 4 is 35.6 Å². The molecule has 2 heterocycles. The topological polar surface area (TPSA) is 58.7 Å². The first-order chi connectivity index (χ1) is 16.8. The number of carbonyl (C=O) groups is 1. The largest absolute Gasteiger partial charge is 0.399 e. The molecular weight excluding hydrogens is 446 g/mol. The van der Waals surface area contributed by atoms with Crippen molar-refractivity contribution in [1.82, 2.24) is 4.90 Å². The molecule has 0 aliphatic carbocycles. The smallest absolute Gasteiger partial charge is 0.254 e. The van der Waals surface area contributed by atoms with Crippen LogP contribution in [-0.4, -0.2) is 39.0 Å². The van der Waals surface area contributed by atoms with Gasteiger partial charge in [-0.3, -0.25) is 9.79 Å². The molecule has 5 rings (SSSR count). The van der Waals surface area contributed by atoms with Crippen LogP contribution in [0.1, 0.15) is 53.2 Å². The summed E-state index contributed by atoms with van der Waals surface area (Å²) in [5.41, 5.74) is 12.6. The number of hydrogen-bond donors (Lipinski definition) is 1. The van der Waals surface area contributed by atoms with E-state index in [-0.39, 0.29) is 5.91 Å². The maximum Gasteiger partial charge on any atom is 0.254 e. The summed E-state index contributed by atoms with van der Waals surface area (Å²) in [4.78, 5) is 20.4. The second-order valence-electron chi connectivity index (χ2n) is 10.4. The first-order valence-corrected chi connectivity index (χ1v) is 15.8. The summed E-state index contributed by atoms with van der Waals surface area (Å²) in [7, 11) is -0.124. The van der Waals surface area contributed by atoms with Crippen LogP contribution in [-0.2, 0) is 6.42 Å². The maximum absolute atomic E-state index is 13.6. The number of unbranched alkanes of at least 4 members (excludes halogenated alkanes) is 1. The minimum atomic E-state index is -2.04. The van der Waals surface area contributed by atoms with Crippen molar-refractivity contribution in [3.63, 3.8) is 0 Å². The Bertz CT molecular complexity index is 1440. The van der Waals surface area contributed by atoms with Crippen molar-refractivity contribution < 1.29 is 4.79 Å². The molecule has 0 radical (unpaired) electrons. The van der Waals surface area contributed by atoms with Gasteiger partial charge in [-0.05, 0) is 87.4 Å². The highest BCUT2D eigenvalue weighted by Crippen LogP contribution is 2.29. The molecule has 180 valence electrons. The van der Waals surface area contributed by atoms with Gasteiger partial charge in [-0.2, -0.15) is 0 Å². The van der Waals surface area contributed by atoms with Crippen LogP contribution in [0.5, 0.6) is 0 Å². The summed E-state index contributed by atoms with van der Waals surface area (Å²) in [6, 6.07) is 19.2. The highest BCUT2D eigenvalue weighted by atomic mass is 28.3. The number of anilines is 1. The van der Waals surface area contributed by atoms with Gasteiger partial charge in [-0.15, -0.1) is 0 Å². The van der Waals surface area contributed by atoms with E-state index in [1.54, 1.807) is 0 Å². The number of nitrogens with two attached hydrogens (primary N) is 1. The predicted octanol–water partition coefficient (Wildman–Crippen LogP) is 3.09. The minimum absolute atomic E-state index is 0.0788. The molecule has 2 aliphatic rings. The van der Waals surface area contributed by atoms with Gasteiger partial charge in [0, 0.05) is 31.4 Å². The quantitative estimate of drug-likeness (QED) is 0.450. The fraction of sp³-hybridized carbons (Fsp3) is 0.333. The zero-order valence-corrected chi connectivity index (χ0v) is 22.3. The average Bonchev–Trinajstić information content (AvgIpc) is 2.87. The number of carbonyl (C=O) groups excluding carboxylic acids is 1. The summed E-state index contributed by atoms with van der Waals surface area (Å²) >= 11 is 0. The predicted molar refractivity (Wildman–Crippen MR) is 148 cm³/mol. The Kier molecular flexibility index (Phi) is 6.14. The Hall–Kier alpha value is -3.18. The highest BCUT2D eigenvalue weighted by molar-refractivity contribution is 7.01. The van der Waals surface area contributed by atoms with Gasteiger partial charge in [0.15, 0.2) is 0 Å². The zero-order valence-electron chi connectivity index (χ0n) is 21.3. The fourth-order valence-electron chi connectivity index (χ4n) is 5.64. The van der Waals surface area contributed by atoms with E-state index in [1.165, 1.54) is 26.7 Å². The molecule has 3 aromatic rings. The van der Waals surface area contributed by atoms with Gasteiger partial charge in [0.2, 0.25) is 0 Å². The van der Waals surface area contributed by atoms with Crippen LogP contribution in [0.15, 0.2) is 59.6 Å². The van der Waals surface area contributed by atoms with Gasteiger partial charge in [-0.1, -0.05) is 50.7 Å². The molecule has 0 unspecified atom stereocenters. The van der Waals surface area contributed by atoms with Crippen LogP contribution in [0, 0.1) is 0 Å². The number of fused-ring (bicyclic) bond motifs is 3. The van der Waals surface area contributed by atoms with Crippen LogP contribution in [0.2, 0.25) is 13.1 Å². The fourth-order valence-corrected chi connectivity index (χ4v) is 8.71. The summed E-state index contributed by atoms with van der Waals surface area (Å²) in [6.07, 6.45) is 4.21. The lowest BCUT2D eigenvalue weighted by atomic mass is 9.89. The number of amides is 1. The van der Waals surface area contributed by atoms with Gasteiger partial charge >= 0.3 is 0 Å². The normalized spacial score (nSPS) is 15.5. The van der Waals surface area contributed by atoms with Crippen LogP contribution in [0.3, 0.4) is 0 Å². The third kappa shape index (κ3) is 4.02. The van der Waals surface area contributed by atoms with Crippen molar-refractivity contribution in [2.75, 3.05) is 25.9 Å². The SMILES string of the molecule is CCCCN(C)C(=O)c1ccccc1C1=c2cc3c(cc2[Si](C)(C)c2cc(N)ccc21)=NCCC3. The van der Waals surface area contributed by atoms with Crippen molar-refractivity contribution in [2.24, 2.45) is 4.99 Å². The molecule has 5 heteroatoms. The Morgan fingerprint density at radius 1 is 1.06 bits per heavy atom. The number of hydrogen-bond acceptors (Lipinski definition) is 3. The van der Waals surface area contributed by atoms with Crippen LogP contribution in [0.4, 0.5) is 5.69 Å². The second-order valence-corrected chi connectivity index (χ2v) is 14.8. The summed E-state index contributed by atoms with van der Waals surface area (Å²) in [6.45, 7) is 8.63. The molecule has 3 aromatic carbocycles. The lowest BCUT2D eigenvalue weighted by molar-refractivity contribution is 0.0793. The van der Waals surface area contributed by atoms with E-state index < -0.39 is 8.07 Å². The Balaban J connectivity index is 1.85. The van der Waals surface area contributed by atoms with E-state index in [0.29, 0.717) is 0 Å². The molecule has 0 fully saturated rings. The van der Waals surface area contributed by atoms with Gasteiger partial charge in [-0.25, -0.2) is 0 Å². The van der Waals surface area contributed by atoms with Gasteiger partial charge in [0.25, 0.3) is 5.91 Å². The Morgan fingerprint density at radius 3 is 2.66 bits per heavy atom. The number of nitrogens with zero attached hydrogens (tertiary/aromatic N) is 2. The van der Waals surface area contributed by atoms with Crippen LogP contribution in [0.25, 0.3) is 5.57 Å². The molecule has 2 N–H and O–H groups in total. The van der Waals surface area contributed by atoms with Crippen molar-refractivity contribution in [1.29, 1.82) is 0 Å². The molecule has 0 saturated carbocycles. The van der Waals surface area contributed by atoms with Gasteiger partial charge in [0.1, 0.15) is 8.07 Å². The van der Waals surface area contributed by atoms with Crippen LogP contribution < -0.4 is 26.7 Å². The number of benzene rings is 3. The molecule has 4 nitrogen and oxygen atoms in total. The standard InChI is InChI=1S/C30H35N3OSi/c1-5-6-16-33(2)30(34)23-12-8-7-11-22(23)29-24-14-13-21(31)18-27(24)35(3,4)28-19-26-20(17-25(28)29)10-9-15-32-26/h7-8,11-14,17-19H,5-6,9-10,15-16,31H2,1-4H3. The average molecular weight is 482 g/mol. The first kappa shape index (κ1) is 23.6. The van der Waals surface area contributed by atoms with E-state index in [1.807, 2.05) is 36.2 Å². The molecule has 0 aromatic heterocycles. The van der Waals surface area contributed by atoms with E-state index in [4.69, 9.17) is 10.7 Å². The monoisotopic (exact) mass is 481 g/mol. The number of rotatable bonds is 5. The highest BCUT2D eigenvalue weighted by Gasteiger charge is 2.36. The molecule has 35 heavy (non-hydrogen) atoms. The minimum Gasteiger partial charge on any atom is -0.399 e. The van der Waals surface area contributed by atoms with Gasteiger partial charge in [0.05, 0.1) is 5.36 Å². The lowest BCUT2D eigenvalue weighted by Crippen LogP contribution is -2.63. The molecule has 0 saturated heterocycles. The number of aryl methyl sites for hydroxylation is 1. The van der Waals surface area contributed by atoms with Crippen LogP contribution >= 0.6 is 0 Å². The third-order valence-corrected chi connectivity index (χ3v) is 11.2. The Morgan fingerprint density at radius 2 is 1.86 bits per heavy atom. The third-order valence-electron chi connectivity index (χ3n) is 7.65. The second kappa shape index (κ2) is 9.12. The van der Waals surface area contributed by atoms with E-state index in [2.05, 4.69) is 50.3 Å². The molecule has 0 spiro atoms. The maximum atomic E-state index is 13.6. The molecule has 0 bridgehead atoms. The van der Waals surface area contributed by atoms with E-state index in [0.717, 1.165) is 66.5 Å². The zero-order chi connectivity index (χ0) is 24.7. The van der Waals surface area contributed by atoms with Gasteiger partial charge < -0.3 is 10.6 Å². The molecule has 2 aliphatic heterocycles.